The van der Waals surface area contributed by atoms with Crippen LogP contribution in [0.1, 0.15) is 11.6 Å². The van der Waals surface area contributed by atoms with Crippen molar-refractivity contribution in [2.75, 3.05) is 33.2 Å². The van der Waals surface area contributed by atoms with Gasteiger partial charge in [-0.05, 0) is 30.8 Å². The zero-order valence-corrected chi connectivity index (χ0v) is 21.7. The Balaban J connectivity index is 1.53. The number of piperazine rings is 1. The van der Waals surface area contributed by atoms with Gasteiger partial charge in [0.2, 0.25) is 5.91 Å². The van der Waals surface area contributed by atoms with Gasteiger partial charge in [-0.25, -0.2) is 9.67 Å². The SMILES string of the molecule is CN1CCN(C(=O)[C@H](Cc2ccccc2)n2cnc(-c3cc(Cl)ccc3-n3cc(Cl)nn3)cc2=O)CC1. The zero-order chi connectivity index (χ0) is 25.9. The zero-order valence-electron chi connectivity index (χ0n) is 20.2. The molecule has 4 aromatic rings. The standard InChI is InChI=1S/C26H25Cl2N7O2/c1-32-9-11-33(12-10-32)26(37)23(13-18-5-3-2-4-6-18)34-17-29-21(15-25(34)36)20-14-19(27)7-8-22(20)35-16-24(28)30-31-35/h2-8,14-17,23H,9-13H2,1H3/t23-/m0/s1. The molecule has 0 radical (unpaired) electrons. The molecular formula is C26H25Cl2N7O2. The molecule has 0 N–H and O–H groups in total. The number of hydrogen-bond donors (Lipinski definition) is 0. The Bertz CT molecular complexity index is 1460. The van der Waals surface area contributed by atoms with Crippen LogP contribution in [0.15, 0.2) is 71.9 Å². The van der Waals surface area contributed by atoms with Crippen LogP contribution in [0.2, 0.25) is 10.2 Å². The molecule has 5 rings (SSSR count). The summed E-state index contributed by atoms with van der Waals surface area (Å²) < 4.78 is 2.92. The number of carbonyl (C=O) groups is 1. The maximum absolute atomic E-state index is 13.7. The lowest BCUT2D eigenvalue weighted by molar-refractivity contribution is -0.136. The number of carbonyl (C=O) groups excluding carboxylic acids is 1. The van der Waals surface area contributed by atoms with Crippen LogP contribution < -0.4 is 5.56 Å². The first-order valence-corrected chi connectivity index (χ1v) is 12.6. The third kappa shape index (κ3) is 5.58. The van der Waals surface area contributed by atoms with Crippen molar-refractivity contribution in [1.82, 2.24) is 34.3 Å². The summed E-state index contributed by atoms with van der Waals surface area (Å²) in [6, 6.07) is 15.6. The maximum atomic E-state index is 13.7. The Labute approximate surface area is 223 Å². The second-order valence-electron chi connectivity index (χ2n) is 9.00. The number of nitrogens with zero attached hydrogens (tertiary/aromatic N) is 7. The Morgan fingerprint density at radius 2 is 1.78 bits per heavy atom. The minimum atomic E-state index is -0.715. The first-order valence-electron chi connectivity index (χ1n) is 11.9. The van der Waals surface area contributed by atoms with Crippen molar-refractivity contribution in [3.05, 3.63) is 93.2 Å². The largest absolute Gasteiger partial charge is 0.338 e. The normalized spacial score (nSPS) is 15.1. The van der Waals surface area contributed by atoms with Gasteiger partial charge in [-0.1, -0.05) is 58.7 Å². The molecule has 37 heavy (non-hydrogen) atoms. The first kappa shape index (κ1) is 25.1. The van der Waals surface area contributed by atoms with Crippen LogP contribution in [0.5, 0.6) is 0 Å². The fourth-order valence-corrected chi connectivity index (χ4v) is 4.74. The molecule has 0 bridgehead atoms. The van der Waals surface area contributed by atoms with Gasteiger partial charge in [-0.15, -0.1) is 5.10 Å². The van der Waals surface area contributed by atoms with Crippen molar-refractivity contribution in [2.24, 2.45) is 0 Å². The van der Waals surface area contributed by atoms with Crippen LogP contribution in [0, 0.1) is 0 Å². The van der Waals surface area contributed by atoms with Gasteiger partial charge >= 0.3 is 0 Å². The molecule has 2 aromatic carbocycles. The molecule has 1 aliphatic heterocycles. The second kappa shape index (κ2) is 10.8. The Kier molecular flexibility index (Phi) is 7.36. The highest BCUT2D eigenvalue weighted by Gasteiger charge is 2.29. The van der Waals surface area contributed by atoms with Crippen molar-refractivity contribution in [3.8, 4) is 16.9 Å². The number of rotatable bonds is 6. The van der Waals surface area contributed by atoms with Gasteiger partial charge < -0.3 is 9.80 Å². The molecule has 0 spiro atoms. The molecule has 0 aliphatic carbocycles. The average molecular weight is 538 g/mol. The molecule has 1 amide bonds. The van der Waals surface area contributed by atoms with Crippen LogP contribution in [0.4, 0.5) is 0 Å². The maximum Gasteiger partial charge on any atom is 0.254 e. The number of aromatic nitrogens is 5. The molecule has 3 heterocycles. The third-order valence-corrected chi connectivity index (χ3v) is 6.90. The molecule has 1 aliphatic rings. The first-order chi connectivity index (χ1) is 17.9. The molecule has 1 atom stereocenters. The molecular weight excluding hydrogens is 513 g/mol. The predicted molar refractivity (Wildman–Crippen MR) is 142 cm³/mol. The molecule has 2 aromatic heterocycles. The lowest BCUT2D eigenvalue weighted by atomic mass is 10.0. The number of hydrogen-bond acceptors (Lipinski definition) is 6. The smallest absolute Gasteiger partial charge is 0.254 e. The van der Waals surface area contributed by atoms with Crippen molar-refractivity contribution in [1.29, 1.82) is 0 Å². The van der Waals surface area contributed by atoms with E-state index in [2.05, 4.69) is 20.2 Å². The van der Waals surface area contributed by atoms with Crippen LogP contribution in [0.25, 0.3) is 16.9 Å². The van der Waals surface area contributed by atoms with E-state index >= 15 is 0 Å². The van der Waals surface area contributed by atoms with Crippen LogP contribution >= 0.6 is 23.2 Å². The van der Waals surface area contributed by atoms with E-state index in [1.54, 1.807) is 24.4 Å². The van der Waals surface area contributed by atoms with Gasteiger partial charge in [0, 0.05) is 49.3 Å². The van der Waals surface area contributed by atoms with E-state index < -0.39 is 6.04 Å². The van der Waals surface area contributed by atoms with E-state index in [1.165, 1.54) is 21.6 Å². The van der Waals surface area contributed by atoms with E-state index in [-0.39, 0.29) is 16.6 Å². The summed E-state index contributed by atoms with van der Waals surface area (Å²) in [6.45, 7) is 2.82. The highest BCUT2D eigenvalue weighted by atomic mass is 35.5. The van der Waals surface area contributed by atoms with E-state index in [4.69, 9.17) is 23.2 Å². The molecule has 11 heteroatoms. The van der Waals surface area contributed by atoms with Crippen molar-refractivity contribution in [2.45, 2.75) is 12.5 Å². The Morgan fingerprint density at radius 1 is 1.03 bits per heavy atom. The molecule has 1 fully saturated rings. The second-order valence-corrected chi connectivity index (χ2v) is 9.82. The van der Waals surface area contributed by atoms with Crippen LogP contribution in [-0.2, 0) is 11.2 Å². The number of benzene rings is 2. The topological polar surface area (TPSA) is 89.2 Å². The van der Waals surface area contributed by atoms with E-state index in [0.717, 1.165) is 18.7 Å². The van der Waals surface area contributed by atoms with Crippen molar-refractivity contribution >= 4 is 29.1 Å². The summed E-state index contributed by atoms with van der Waals surface area (Å²) in [5, 5.41) is 8.56. The third-order valence-electron chi connectivity index (χ3n) is 6.49. The molecule has 9 nitrogen and oxygen atoms in total. The predicted octanol–water partition coefficient (Wildman–Crippen LogP) is 3.36. The number of halogens is 2. The molecule has 0 unspecified atom stereocenters. The van der Waals surface area contributed by atoms with Crippen molar-refractivity contribution in [3.63, 3.8) is 0 Å². The van der Waals surface area contributed by atoms with E-state index in [9.17, 15) is 9.59 Å². The fourth-order valence-electron chi connectivity index (χ4n) is 4.45. The van der Waals surface area contributed by atoms with Crippen molar-refractivity contribution < 1.29 is 4.79 Å². The molecule has 0 saturated carbocycles. The van der Waals surface area contributed by atoms with E-state index in [1.807, 2.05) is 42.3 Å². The van der Waals surface area contributed by atoms with Gasteiger partial charge in [-0.3, -0.25) is 14.2 Å². The van der Waals surface area contributed by atoms with Crippen LogP contribution in [0.3, 0.4) is 0 Å². The highest BCUT2D eigenvalue weighted by Crippen LogP contribution is 2.28. The summed E-state index contributed by atoms with van der Waals surface area (Å²) in [6.07, 6.45) is 3.38. The van der Waals surface area contributed by atoms with Gasteiger partial charge in [0.25, 0.3) is 5.56 Å². The summed E-state index contributed by atoms with van der Waals surface area (Å²) in [7, 11) is 2.04. The minimum Gasteiger partial charge on any atom is -0.338 e. The van der Waals surface area contributed by atoms with E-state index in [0.29, 0.717) is 41.5 Å². The monoisotopic (exact) mass is 537 g/mol. The highest BCUT2D eigenvalue weighted by molar-refractivity contribution is 6.31. The lowest BCUT2D eigenvalue weighted by Gasteiger charge is -2.35. The molecule has 1 saturated heterocycles. The van der Waals surface area contributed by atoms with Gasteiger partial charge in [0.1, 0.15) is 6.04 Å². The summed E-state index contributed by atoms with van der Waals surface area (Å²) in [4.78, 5) is 35.7. The minimum absolute atomic E-state index is 0.0886. The quantitative estimate of drug-likeness (QED) is 0.374. The average Bonchev–Trinajstić information content (AvgIpc) is 3.34. The van der Waals surface area contributed by atoms with Gasteiger partial charge in [0.05, 0.1) is 23.9 Å². The number of amides is 1. The summed E-state index contributed by atoms with van der Waals surface area (Å²) >= 11 is 12.2. The van der Waals surface area contributed by atoms with Gasteiger partial charge in [0.15, 0.2) is 5.15 Å². The fraction of sp³-hybridized carbons (Fsp3) is 0.269. The lowest BCUT2D eigenvalue weighted by Crippen LogP contribution is -2.50. The number of likely N-dealkylation sites (N-methyl/N-ethyl adjacent to an activating group) is 1. The Hall–Kier alpha value is -3.53. The summed E-state index contributed by atoms with van der Waals surface area (Å²) in [5.74, 6) is -0.0886. The summed E-state index contributed by atoms with van der Waals surface area (Å²) in [5.41, 5.74) is 2.23. The van der Waals surface area contributed by atoms with Gasteiger partial charge in [-0.2, -0.15) is 0 Å². The molecule has 190 valence electrons. The van der Waals surface area contributed by atoms with Crippen LogP contribution in [-0.4, -0.2) is 73.5 Å². The Morgan fingerprint density at radius 3 is 2.46 bits per heavy atom.